The van der Waals surface area contributed by atoms with Crippen molar-refractivity contribution in [2.45, 2.75) is 37.1 Å². The smallest absolute Gasteiger partial charge is 0.0435 e. The van der Waals surface area contributed by atoms with E-state index in [0.29, 0.717) is 6.04 Å². The molecule has 23 heavy (non-hydrogen) atoms. The largest absolute Gasteiger partial charge is 0.297 e. The molecule has 0 saturated carbocycles. The standard InChI is InChI=1S/C22H25N/c1-18-21-14-8-9-16-23(21)17-15-22(18,19-10-4-2-5-11-19)20-12-6-3-7-13-20/h2-7,10-13,21H,1,8-9,14-17H2. The van der Waals surface area contributed by atoms with Crippen LogP contribution in [0.15, 0.2) is 72.8 Å². The molecule has 1 nitrogen and oxygen atoms in total. The summed E-state index contributed by atoms with van der Waals surface area (Å²) in [5.41, 5.74) is 4.18. The average molecular weight is 303 g/mol. The number of rotatable bonds is 2. The maximum atomic E-state index is 4.66. The molecule has 0 radical (unpaired) electrons. The fraction of sp³-hybridized carbons (Fsp3) is 0.364. The third-order valence-corrected chi connectivity index (χ3v) is 5.87. The monoisotopic (exact) mass is 303 g/mol. The molecule has 2 saturated heterocycles. The van der Waals surface area contributed by atoms with E-state index in [2.05, 4.69) is 72.1 Å². The quantitative estimate of drug-likeness (QED) is 0.721. The summed E-state index contributed by atoms with van der Waals surface area (Å²) >= 11 is 0. The van der Waals surface area contributed by atoms with Gasteiger partial charge in [-0.15, -0.1) is 0 Å². The molecule has 4 rings (SSSR count). The number of hydrogen-bond donors (Lipinski definition) is 0. The topological polar surface area (TPSA) is 3.24 Å². The summed E-state index contributed by atoms with van der Waals surface area (Å²) < 4.78 is 0. The van der Waals surface area contributed by atoms with E-state index < -0.39 is 0 Å². The van der Waals surface area contributed by atoms with Gasteiger partial charge in [0.2, 0.25) is 0 Å². The van der Waals surface area contributed by atoms with Gasteiger partial charge < -0.3 is 0 Å². The molecule has 0 aromatic heterocycles. The van der Waals surface area contributed by atoms with E-state index >= 15 is 0 Å². The van der Waals surface area contributed by atoms with E-state index in [-0.39, 0.29) is 5.41 Å². The van der Waals surface area contributed by atoms with Gasteiger partial charge >= 0.3 is 0 Å². The molecule has 118 valence electrons. The maximum Gasteiger partial charge on any atom is 0.0435 e. The third kappa shape index (κ3) is 2.35. The third-order valence-electron chi connectivity index (χ3n) is 5.87. The van der Waals surface area contributed by atoms with Crippen molar-refractivity contribution in [1.29, 1.82) is 0 Å². The normalized spacial score (nSPS) is 24.2. The molecular weight excluding hydrogens is 278 g/mol. The number of piperidine rings is 2. The summed E-state index contributed by atoms with van der Waals surface area (Å²) in [4.78, 5) is 2.66. The second-order valence-electron chi connectivity index (χ2n) is 6.96. The lowest BCUT2D eigenvalue weighted by atomic mass is 9.62. The SMILES string of the molecule is C=C1C2CCCCN2CCC1(c1ccccc1)c1ccccc1. The van der Waals surface area contributed by atoms with Crippen LogP contribution in [0.25, 0.3) is 0 Å². The zero-order valence-corrected chi connectivity index (χ0v) is 13.7. The highest BCUT2D eigenvalue weighted by Crippen LogP contribution is 2.48. The van der Waals surface area contributed by atoms with Crippen molar-refractivity contribution < 1.29 is 0 Å². The van der Waals surface area contributed by atoms with Crippen LogP contribution in [0.2, 0.25) is 0 Å². The van der Waals surface area contributed by atoms with Crippen LogP contribution in [0.5, 0.6) is 0 Å². The van der Waals surface area contributed by atoms with E-state index in [1.54, 1.807) is 0 Å². The molecule has 2 aliphatic heterocycles. The molecule has 0 aliphatic carbocycles. The van der Waals surface area contributed by atoms with Gasteiger partial charge in [-0.1, -0.05) is 73.7 Å². The fourth-order valence-electron chi connectivity index (χ4n) is 4.68. The van der Waals surface area contributed by atoms with E-state index in [1.165, 1.54) is 49.1 Å². The van der Waals surface area contributed by atoms with Gasteiger partial charge in [-0.25, -0.2) is 0 Å². The van der Waals surface area contributed by atoms with Crippen molar-refractivity contribution in [3.8, 4) is 0 Å². The Balaban J connectivity index is 1.85. The number of nitrogens with zero attached hydrogens (tertiary/aromatic N) is 1. The van der Waals surface area contributed by atoms with Crippen LogP contribution in [-0.2, 0) is 5.41 Å². The van der Waals surface area contributed by atoms with Crippen LogP contribution in [0.3, 0.4) is 0 Å². The van der Waals surface area contributed by atoms with Crippen LogP contribution in [-0.4, -0.2) is 24.0 Å². The van der Waals surface area contributed by atoms with Crippen LogP contribution in [0.1, 0.15) is 36.8 Å². The molecule has 2 heterocycles. The van der Waals surface area contributed by atoms with Gasteiger partial charge in [-0.3, -0.25) is 4.90 Å². The van der Waals surface area contributed by atoms with Crippen molar-refractivity contribution in [1.82, 2.24) is 4.90 Å². The molecule has 1 heteroatoms. The highest BCUT2D eigenvalue weighted by Gasteiger charge is 2.45. The van der Waals surface area contributed by atoms with Crippen LogP contribution in [0, 0.1) is 0 Å². The zero-order valence-electron chi connectivity index (χ0n) is 13.7. The minimum absolute atomic E-state index is 0.0268. The molecule has 2 aliphatic rings. The van der Waals surface area contributed by atoms with E-state index in [0.717, 1.165) is 6.42 Å². The van der Waals surface area contributed by atoms with Gasteiger partial charge in [0.25, 0.3) is 0 Å². The van der Waals surface area contributed by atoms with Gasteiger partial charge in [0.1, 0.15) is 0 Å². The minimum atomic E-state index is -0.0268. The summed E-state index contributed by atoms with van der Waals surface area (Å²) in [6, 6.07) is 22.6. The van der Waals surface area contributed by atoms with Gasteiger partial charge in [-0.05, 0) is 42.5 Å². The van der Waals surface area contributed by atoms with Crippen LogP contribution in [0.4, 0.5) is 0 Å². The fourth-order valence-corrected chi connectivity index (χ4v) is 4.68. The molecule has 0 spiro atoms. The number of benzene rings is 2. The Hall–Kier alpha value is -1.86. The lowest BCUT2D eigenvalue weighted by molar-refractivity contribution is 0.124. The van der Waals surface area contributed by atoms with Crippen molar-refractivity contribution in [2.75, 3.05) is 13.1 Å². The van der Waals surface area contributed by atoms with E-state index in [4.69, 9.17) is 0 Å². The first-order chi connectivity index (χ1) is 11.3. The predicted molar refractivity (Wildman–Crippen MR) is 96.6 cm³/mol. The first-order valence-corrected chi connectivity index (χ1v) is 8.87. The average Bonchev–Trinajstić information content (AvgIpc) is 2.64. The predicted octanol–water partition coefficient (Wildman–Crippen LogP) is 4.79. The first kappa shape index (κ1) is 14.7. The maximum absolute atomic E-state index is 4.66. The zero-order chi connectivity index (χ0) is 15.7. The van der Waals surface area contributed by atoms with Crippen LogP contribution >= 0.6 is 0 Å². The Labute approximate surface area is 139 Å². The highest BCUT2D eigenvalue weighted by molar-refractivity contribution is 5.50. The summed E-state index contributed by atoms with van der Waals surface area (Å²) in [5.74, 6) is 0. The lowest BCUT2D eigenvalue weighted by Crippen LogP contribution is -2.53. The van der Waals surface area contributed by atoms with Crippen LogP contribution < -0.4 is 0 Å². The second-order valence-corrected chi connectivity index (χ2v) is 6.96. The molecule has 0 bridgehead atoms. The van der Waals surface area contributed by atoms with Gasteiger partial charge in [0.05, 0.1) is 0 Å². The first-order valence-electron chi connectivity index (χ1n) is 8.87. The van der Waals surface area contributed by atoms with Gasteiger partial charge in [0.15, 0.2) is 0 Å². The summed E-state index contributed by atoms with van der Waals surface area (Å²) in [5, 5.41) is 0. The molecule has 2 aromatic carbocycles. The number of fused-ring (bicyclic) bond motifs is 1. The Bertz CT molecular complexity index is 634. The molecule has 0 N–H and O–H groups in total. The van der Waals surface area contributed by atoms with Gasteiger partial charge in [-0.2, -0.15) is 0 Å². The Kier molecular flexibility index (Phi) is 3.82. The molecule has 2 fully saturated rings. The van der Waals surface area contributed by atoms with Gasteiger partial charge in [0, 0.05) is 18.0 Å². The second kappa shape index (κ2) is 5.98. The Morgan fingerprint density at radius 3 is 2.04 bits per heavy atom. The summed E-state index contributed by atoms with van der Waals surface area (Å²) in [6.45, 7) is 7.08. The van der Waals surface area contributed by atoms with Crippen molar-refractivity contribution >= 4 is 0 Å². The highest BCUT2D eigenvalue weighted by atomic mass is 15.2. The molecule has 2 aromatic rings. The number of hydrogen-bond acceptors (Lipinski definition) is 1. The molecule has 1 unspecified atom stereocenters. The Morgan fingerprint density at radius 1 is 0.826 bits per heavy atom. The van der Waals surface area contributed by atoms with E-state index in [1.807, 2.05) is 0 Å². The molecular formula is C22H25N. The molecule has 1 atom stereocenters. The Morgan fingerprint density at radius 2 is 1.43 bits per heavy atom. The van der Waals surface area contributed by atoms with Crippen molar-refractivity contribution in [2.24, 2.45) is 0 Å². The molecule has 0 amide bonds. The van der Waals surface area contributed by atoms with Crippen molar-refractivity contribution in [3.63, 3.8) is 0 Å². The lowest BCUT2D eigenvalue weighted by Gasteiger charge is -2.51. The summed E-state index contributed by atoms with van der Waals surface area (Å²) in [7, 11) is 0. The van der Waals surface area contributed by atoms with Crippen molar-refractivity contribution in [3.05, 3.63) is 83.9 Å². The minimum Gasteiger partial charge on any atom is -0.297 e. The summed E-state index contributed by atoms with van der Waals surface area (Å²) in [6.07, 6.45) is 5.07. The van der Waals surface area contributed by atoms with E-state index in [9.17, 15) is 0 Å².